The van der Waals surface area contributed by atoms with Gasteiger partial charge in [-0.05, 0) is 37.0 Å². The monoisotopic (exact) mass is 277 g/mol. The molecule has 1 aliphatic rings. The molecule has 0 aliphatic heterocycles. The van der Waals surface area contributed by atoms with Crippen LogP contribution in [0.5, 0.6) is 0 Å². The van der Waals surface area contributed by atoms with Crippen molar-refractivity contribution in [3.05, 3.63) is 18.2 Å². The van der Waals surface area contributed by atoms with Crippen LogP contribution in [0.2, 0.25) is 0 Å². The van der Waals surface area contributed by atoms with Crippen molar-refractivity contribution < 1.29 is 4.79 Å². The summed E-state index contributed by atoms with van der Waals surface area (Å²) in [6.07, 6.45) is 8.76. The van der Waals surface area contributed by atoms with Crippen molar-refractivity contribution >= 4 is 5.91 Å². The highest BCUT2D eigenvalue weighted by Crippen LogP contribution is 2.39. The lowest BCUT2D eigenvalue weighted by molar-refractivity contribution is -0.126. The summed E-state index contributed by atoms with van der Waals surface area (Å²) in [5.74, 6) is 2.13. The van der Waals surface area contributed by atoms with Gasteiger partial charge in [-0.1, -0.05) is 20.8 Å². The Morgan fingerprint density at radius 2 is 2.05 bits per heavy atom. The first-order valence-corrected chi connectivity index (χ1v) is 7.73. The Hall–Kier alpha value is -1.32. The summed E-state index contributed by atoms with van der Waals surface area (Å²) in [5, 5.41) is 3.05. The number of aromatic amines is 1. The molecule has 1 saturated carbocycles. The van der Waals surface area contributed by atoms with E-state index in [2.05, 4.69) is 36.1 Å². The molecule has 0 bridgehead atoms. The average Bonchev–Trinajstić information content (AvgIpc) is 2.91. The summed E-state index contributed by atoms with van der Waals surface area (Å²) in [4.78, 5) is 19.3. The van der Waals surface area contributed by atoms with E-state index in [1.165, 1.54) is 12.8 Å². The summed E-state index contributed by atoms with van der Waals surface area (Å²) in [5.41, 5.74) is 0.376. The normalized spacial score (nSPS) is 23.6. The van der Waals surface area contributed by atoms with Gasteiger partial charge < -0.3 is 10.3 Å². The number of carbonyl (C=O) groups is 1. The fourth-order valence-corrected chi connectivity index (χ4v) is 3.10. The van der Waals surface area contributed by atoms with Crippen molar-refractivity contribution in [3.63, 3.8) is 0 Å². The minimum atomic E-state index is 0.213. The molecule has 2 N–H and O–H groups in total. The van der Waals surface area contributed by atoms with Gasteiger partial charge in [-0.3, -0.25) is 4.79 Å². The summed E-state index contributed by atoms with van der Waals surface area (Å²) in [6, 6.07) is 0. The van der Waals surface area contributed by atoms with Crippen LogP contribution in [-0.2, 0) is 11.2 Å². The molecule has 1 aliphatic carbocycles. The molecule has 4 heteroatoms. The van der Waals surface area contributed by atoms with Gasteiger partial charge in [-0.15, -0.1) is 0 Å². The van der Waals surface area contributed by atoms with E-state index in [1.807, 2.05) is 6.20 Å². The Kier molecular flexibility index (Phi) is 4.84. The molecule has 1 aromatic heterocycles. The Bertz CT molecular complexity index is 411. The van der Waals surface area contributed by atoms with Crippen LogP contribution < -0.4 is 5.32 Å². The number of aromatic nitrogens is 2. The van der Waals surface area contributed by atoms with Gasteiger partial charge >= 0.3 is 0 Å². The molecule has 1 fully saturated rings. The third-order valence-corrected chi connectivity index (χ3v) is 4.54. The third-order valence-electron chi connectivity index (χ3n) is 4.54. The molecular formula is C16H27N3O. The van der Waals surface area contributed by atoms with Gasteiger partial charge in [-0.25, -0.2) is 4.98 Å². The van der Waals surface area contributed by atoms with Crippen molar-refractivity contribution in [2.24, 2.45) is 17.3 Å². The van der Waals surface area contributed by atoms with Crippen molar-refractivity contribution in [2.45, 2.75) is 52.9 Å². The highest BCUT2D eigenvalue weighted by molar-refractivity contribution is 5.78. The maximum atomic E-state index is 12.1. The molecule has 0 radical (unpaired) electrons. The van der Waals surface area contributed by atoms with E-state index in [0.29, 0.717) is 12.0 Å². The summed E-state index contributed by atoms with van der Waals surface area (Å²) in [6.45, 7) is 7.59. The van der Waals surface area contributed by atoms with Gasteiger partial charge in [-0.2, -0.15) is 0 Å². The van der Waals surface area contributed by atoms with Gasteiger partial charge in [0.1, 0.15) is 5.82 Å². The minimum Gasteiger partial charge on any atom is -0.355 e. The Balaban J connectivity index is 1.69. The van der Waals surface area contributed by atoms with Gasteiger partial charge in [0, 0.05) is 31.3 Å². The van der Waals surface area contributed by atoms with Crippen LogP contribution in [0, 0.1) is 17.3 Å². The van der Waals surface area contributed by atoms with E-state index in [1.54, 1.807) is 6.20 Å². The largest absolute Gasteiger partial charge is 0.355 e. The number of nitrogens with one attached hydrogen (secondary N) is 2. The van der Waals surface area contributed by atoms with E-state index in [-0.39, 0.29) is 11.8 Å². The first-order chi connectivity index (χ1) is 9.47. The molecule has 0 spiro atoms. The predicted octanol–water partition coefficient (Wildman–Crippen LogP) is 2.92. The van der Waals surface area contributed by atoms with Crippen LogP contribution in [0.15, 0.2) is 12.4 Å². The van der Waals surface area contributed by atoms with Crippen LogP contribution in [0.3, 0.4) is 0 Å². The zero-order valence-corrected chi connectivity index (χ0v) is 12.9. The smallest absolute Gasteiger partial charge is 0.223 e. The number of carbonyl (C=O) groups excluding carboxylic acids is 1. The molecule has 0 atom stereocenters. The first kappa shape index (κ1) is 15.1. The van der Waals surface area contributed by atoms with Crippen molar-refractivity contribution in [1.82, 2.24) is 15.3 Å². The Labute approximate surface area is 121 Å². The SMILES string of the molecule is CC(C)(C)C1CCC(C(=O)NCCc2ncc[nH]2)CC1. The minimum absolute atomic E-state index is 0.213. The van der Waals surface area contributed by atoms with Crippen LogP contribution in [0.25, 0.3) is 0 Å². The lowest BCUT2D eigenvalue weighted by Gasteiger charge is -2.36. The average molecular weight is 277 g/mol. The maximum Gasteiger partial charge on any atom is 0.223 e. The lowest BCUT2D eigenvalue weighted by atomic mass is 9.69. The van der Waals surface area contributed by atoms with E-state index in [0.717, 1.165) is 31.0 Å². The van der Waals surface area contributed by atoms with Gasteiger partial charge in [0.15, 0.2) is 0 Å². The molecule has 0 aromatic carbocycles. The first-order valence-electron chi connectivity index (χ1n) is 7.73. The van der Waals surface area contributed by atoms with Gasteiger partial charge in [0.05, 0.1) is 0 Å². The summed E-state index contributed by atoms with van der Waals surface area (Å²) in [7, 11) is 0. The number of rotatable bonds is 4. The van der Waals surface area contributed by atoms with Crippen molar-refractivity contribution in [2.75, 3.05) is 6.54 Å². The molecule has 1 heterocycles. The van der Waals surface area contributed by atoms with Gasteiger partial charge in [0.2, 0.25) is 5.91 Å². The number of nitrogens with zero attached hydrogens (tertiary/aromatic N) is 1. The number of hydrogen-bond donors (Lipinski definition) is 2. The lowest BCUT2D eigenvalue weighted by Crippen LogP contribution is -2.36. The highest BCUT2D eigenvalue weighted by atomic mass is 16.1. The van der Waals surface area contributed by atoms with E-state index >= 15 is 0 Å². The maximum absolute atomic E-state index is 12.1. The van der Waals surface area contributed by atoms with Crippen LogP contribution >= 0.6 is 0 Å². The summed E-state index contributed by atoms with van der Waals surface area (Å²) < 4.78 is 0. The fourth-order valence-electron chi connectivity index (χ4n) is 3.10. The molecule has 2 rings (SSSR count). The Morgan fingerprint density at radius 3 is 2.60 bits per heavy atom. The fraction of sp³-hybridized carbons (Fsp3) is 0.750. The molecular weight excluding hydrogens is 250 g/mol. The van der Waals surface area contributed by atoms with Gasteiger partial charge in [0.25, 0.3) is 0 Å². The second-order valence-electron chi connectivity index (χ2n) is 6.99. The second kappa shape index (κ2) is 6.42. The van der Waals surface area contributed by atoms with E-state index in [9.17, 15) is 4.79 Å². The molecule has 112 valence electrons. The van der Waals surface area contributed by atoms with E-state index < -0.39 is 0 Å². The van der Waals surface area contributed by atoms with Crippen LogP contribution in [-0.4, -0.2) is 22.4 Å². The van der Waals surface area contributed by atoms with Crippen molar-refractivity contribution in [3.8, 4) is 0 Å². The highest BCUT2D eigenvalue weighted by Gasteiger charge is 2.32. The third kappa shape index (κ3) is 4.09. The van der Waals surface area contributed by atoms with E-state index in [4.69, 9.17) is 0 Å². The Morgan fingerprint density at radius 1 is 1.35 bits per heavy atom. The zero-order valence-electron chi connectivity index (χ0n) is 12.9. The number of imidazole rings is 1. The molecule has 1 amide bonds. The molecule has 1 aromatic rings. The van der Waals surface area contributed by atoms with Crippen LogP contribution in [0.1, 0.15) is 52.3 Å². The topological polar surface area (TPSA) is 57.8 Å². The molecule has 0 unspecified atom stereocenters. The predicted molar refractivity (Wildman–Crippen MR) is 80.2 cm³/mol. The van der Waals surface area contributed by atoms with Crippen molar-refractivity contribution in [1.29, 1.82) is 0 Å². The number of amides is 1. The molecule has 4 nitrogen and oxygen atoms in total. The number of hydrogen-bond acceptors (Lipinski definition) is 2. The summed E-state index contributed by atoms with van der Waals surface area (Å²) >= 11 is 0. The number of H-pyrrole nitrogens is 1. The van der Waals surface area contributed by atoms with Crippen LogP contribution in [0.4, 0.5) is 0 Å². The molecule has 20 heavy (non-hydrogen) atoms. The second-order valence-corrected chi connectivity index (χ2v) is 6.99. The zero-order chi connectivity index (χ0) is 14.6. The molecule has 0 saturated heterocycles. The standard InChI is InChI=1S/C16H27N3O/c1-16(2,3)13-6-4-12(5-7-13)15(20)19-9-8-14-17-10-11-18-14/h10-13H,4-9H2,1-3H3,(H,17,18)(H,19,20). The quantitative estimate of drug-likeness (QED) is 0.889.